The number of hydrogen-bond acceptors (Lipinski definition) is 3. The van der Waals surface area contributed by atoms with Crippen LogP contribution in [-0.2, 0) is 0 Å². The van der Waals surface area contributed by atoms with Gasteiger partial charge in [-0.2, -0.15) is 0 Å². The number of rotatable bonds is 6. The van der Waals surface area contributed by atoms with E-state index in [0.29, 0.717) is 11.6 Å². The lowest BCUT2D eigenvalue weighted by atomic mass is 9.92. The largest absolute Gasteiger partial charge is 0.264 e. The quantitative estimate of drug-likeness (QED) is 0.599. The molecular formula is C15H16ClN3O. The summed E-state index contributed by atoms with van der Waals surface area (Å²) in [5, 5.41) is 5.01. The molecule has 0 aliphatic heterocycles. The van der Waals surface area contributed by atoms with Gasteiger partial charge in [0.1, 0.15) is 0 Å². The topological polar surface area (TPSA) is 45.6 Å². The first-order valence-electron chi connectivity index (χ1n) is 6.41. The minimum Gasteiger partial charge on any atom is -0.264 e. The van der Waals surface area contributed by atoms with Crippen LogP contribution >= 0.6 is 11.6 Å². The molecule has 0 saturated carbocycles. The lowest BCUT2D eigenvalue weighted by molar-refractivity contribution is 0.336. The fraction of sp³-hybridized carbons (Fsp3) is 0.267. The summed E-state index contributed by atoms with van der Waals surface area (Å²) in [6, 6.07) is 13.6. The van der Waals surface area contributed by atoms with E-state index < -0.39 is 0 Å². The third kappa shape index (κ3) is 3.78. The Balaban J connectivity index is 2.24. The van der Waals surface area contributed by atoms with E-state index in [0.717, 1.165) is 17.7 Å². The lowest BCUT2D eigenvalue weighted by Crippen LogP contribution is -2.16. The Morgan fingerprint density at radius 3 is 2.60 bits per heavy atom. The van der Waals surface area contributed by atoms with Gasteiger partial charge in [0.25, 0.3) is 0 Å². The Labute approximate surface area is 123 Å². The van der Waals surface area contributed by atoms with Gasteiger partial charge in [0.2, 0.25) is 0 Å². The molecule has 0 aliphatic rings. The molecule has 2 aromatic rings. The van der Waals surface area contributed by atoms with Gasteiger partial charge in [0.15, 0.2) is 0 Å². The van der Waals surface area contributed by atoms with Gasteiger partial charge in [-0.1, -0.05) is 29.8 Å². The highest BCUT2D eigenvalue weighted by Gasteiger charge is 2.16. The summed E-state index contributed by atoms with van der Waals surface area (Å²) in [7, 11) is 1.67. The smallest absolute Gasteiger partial charge is 0.0521 e. The van der Waals surface area contributed by atoms with Gasteiger partial charge in [-0.3, -0.25) is 9.99 Å². The van der Waals surface area contributed by atoms with E-state index in [4.69, 9.17) is 11.6 Å². The summed E-state index contributed by atoms with van der Waals surface area (Å²) in [5.74, 6) is 0.123. The minimum atomic E-state index is 0.123. The molecule has 20 heavy (non-hydrogen) atoms. The molecule has 1 atom stereocenters. The summed E-state index contributed by atoms with van der Waals surface area (Å²) in [5.41, 5.74) is 2.11. The van der Waals surface area contributed by atoms with Crippen LogP contribution < -0.4 is 0 Å². The third-order valence-corrected chi connectivity index (χ3v) is 3.45. The van der Waals surface area contributed by atoms with Crippen LogP contribution in [0.2, 0.25) is 5.02 Å². The van der Waals surface area contributed by atoms with Crippen LogP contribution in [0.1, 0.15) is 23.6 Å². The Hall–Kier alpha value is -1.94. The lowest BCUT2D eigenvalue weighted by Gasteiger charge is -2.19. The van der Waals surface area contributed by atoms with Crippen molar-refractivity contribution >= 4 is 11.6 Å². The minimum absolute atomic E-state index is 0.123. The van der Waals surface area contributed by atoms with Crippen LogP contribution in [-0.4, -0.2) is 23.6 Å². The third-order valence-electron chi connectivity index (χ3n) is 3.20. The van der Waals surface area contributed by atoms with E-state index in [1.807, 2.05) is 42.5 Å². The number of benzene rings is 1. The van der Waals surface area contributed by atoms with Crippen LogP contribution in [0.3, 0.4) is 0 Å². The standard InChI is InChI=1S/C15H16ClN3O/c1-19(18-20)11-9-14(15-4-2-3-10-17-15)12-5-7-13(16)8-6-12/h2-8,10,14H,9,11H2,1H3/t14-/m0/s1. The average Bonchev–Trinajstić information content (AvgIpc) is 2.50. The second-order valence-corrected chi connectivity index (χ2v) is 5.05. The zero-order valence-electron chi connectivity index (χ0n) is 11.2. The van der Waals surface area contributed by atoms with Crippen molar-refractivity contribution in [2.45, 2.75) is 12.3 Å². The van der Waals surface area contributed by atoms with Gasteiger partial charge in [0, 0.05) is 36.4 Å². The zero-order valence-corrected chi connectivity index (χ0v) is 12.0. The molecule has 0 spiro atoms. The van der Waals surface area contributed by atoms with Gasteiger partial charge in [-0.05, 0) is 36.2 Å². The van der Waals surface area contributed by atoms with E-state index in [-0.39, 0.29) is 5.92 Å². The Kier molecular flexibility index (Phi) is 5.07. The first kappa shape index (κ1) is 14.5. The molecule has 1 aromatic heterocycles. The predicted molar refractivity (Wildman–Crippen MR) is 80.6 cm³/mol. The summed E-state index contributed by atoms with van der Waals surface area (Å²) in [4.78, 5) is 14.9. The van der Waals surface area contributed by atoms with Gasteiger partial charge >= 0.3 is 0 Å². The second kappa shape index (κ2) is 7.01. The van der Waals surface area contributed by atoms with Gasteiger partial charge in [-0.25, -0.2) is 0 Å². The fourth-order valence-electron chi connectivity index (χ4n) is 2.12. The number of pyridine rings is 1. The first-order valence-corrected chi connectivity index (χ1v) is 6.79. The monoisotopic (exact) mass is 289 g/mol. The van der Waals surface area contributed by atoms with Crippen molar-refractivity contribution in [3.63, 3.8) is 0 Å². The molecule has 5 heteroatoms. The zero-order chi connectivity index (χ0) is 14.4. The van der Waals surface area contributed by atoms with Crippen molar-refractivity contribution in [2.75, 3.05) is 13.6 Å². The van der Waals surface area contributed by atoms with Gasteiger partial charge in [-0.15, -0.1) is 4.91 Å². The molecule has 0 fully saturated rings. The highest BCUT2D eigenvalue weighted by molar-refractivity contribution is 6.30. The normalized spacial score (nSPS) is 11.9. The maximum absolute atomic E-state index is 10.5. The number of nitroso groups, excluding NO2 is 1. The summed E-state index contributed by atoms with van der Waals surface area (Å²) >= 11 is 5.93. The molecule has 2 rings (SSSR count). The SMILES string of the molecule is CN(CC[C@@H](c1ccc(Cl)cc1)c1ccccn1)N=O. The van der Waals surface area contributed by atoms with Crippen LogP contribution in [0, 0.1) is 4.91 Å². The van der Waals surface area contributed by atoms with Gasteiger partial charge < -0.3 is 0 Å². The molecule has 0 aliphatic carbocycles. The van der Waals surface area contributed by atoms with Crippen LogP contribution in [0.25, 0.3) is 0 Å². The Bertz CT molecular complexity index is 545. The van der Waals surface area contributed by atoms with Crippen molar-refractivity contribution in [3.8, 4) is 0 Å². The molecule has 0 unspecified atom stereocenters. The highest BCUT2D eigenvalue weighted by atomic mass is 35.5. The summed E-state index contributed by atoms with van der Waals surface area (Å²) < 4.78 is 0. The van der Waals surface area contributed by atoms with E-state index >= 15 is 0 Å². The summed E-state index contributed by atoms with van der Waals surface area (Å²) in [6.07, 6.45) is 2.54. The molecule has 1 aromatic carbocycles. The van der Waals surface area contributed by atoms with Crippen molar-refractivity contribution in [2.24, 2.45) is 5.29 Å². The van der Waals surface area contributed by atoms with Crippen molar-refractivity contribution in [3.05, 3.63) is 69.8 Å². The van der Waals surface area contributed by atoms with E-state index in [1.54, 1.807) is 13.2 Å². The highest BCUT2D eigenvalue weighted by Crippen LogP contribution is 2.27. The predicted octanol–water partition coefficient (Wildman–Crippen LogP) is 3.87. The van der Waals surface area contributed by atoms with E-state index in [1.165, 1.54) is 5.01 Å². The molecule has 4 nitrogen and oxygen atoms in total. The van der Waals surface area contributed by atoms with Gasteiger partial charge in [0.05, 0.1) is 5.29 Å². The summed E-state index contributed by atoms with van der Waals surface area (Å²) in [6.45, 7) is 0.577. The van der Waals surface area contributed by atoms with Crippen molar-refractivity contribution < 1.29 is 0 Å². The maximum Gasteiger partial charge on any atom is 0.0521 e. The van der Waals surface area contributed by atoms with Crippen LogP contribution in [0.15, 0.2) is 53.9 Å². The Morgan fingerprint density at radius 1 is 1.25 bits per heavy atom. The molecule has 0 N–H and O–H groups in total. The molecule has 104 valence electrons. The molecular weight excluding hydrogens is 274 g/mol. The molecule has 0 amide bonds. The Morgan fingerprint density at radius 2 is 2.00 bits per heavy atom. The van der Waals surface area contributed by atoms with Crippen molar-refractivity contribution in [1.82, 2.24) is 9.99 Å². The maximum atomic E-state index is 10.5. The van der Waals surface area contributed by atoms with Crippen molar-refractivity contribution in [1.29, 1.82) is 0 Å². The second-order valence-electron chi connectivity index (χ2n) is 4.61. The number of halogens is 1. The molecule has 0 saturated heterocycles. The number of hydrogen-bond donors (Lipinski definition) is 0. The van der Waals surface area contributed by atoms with Crippen LogP contribution in [0.4, 0.5) is 0 Å². The average molecular weight is 290 g/mol. The molecule has 0 radical (unpaired) electrons. The van der Waals surface area contributed by atoms with E-state index in [9.17, 15) is 4.91 Å². The fourth-order valence-corrected chi connectivity index (χ4v) is 2.25. The first-order chi connectivity index (χ1) is 9.70. The number of nitrogens with zero attached hydrogens (tertiary/aromatic N) is 3. The number of aromatic nitrogens is 1. The molecule has 0 bridgehead atoms. The van der Waals surface area contributed by atoms with Crippen LogP contribution in [0.5, 0.6) is 0 Å². The van der Waals surface area contributed by atoms with E-state index in [2.05, 4.69) is 10.3 Å². The molecule has 1 heterocycles.